The molecule has 0 amide bonds. The Balaban J connectivity index is 2.60. The lowest BCUT2D eigenvalue weighted by atomic mass is 10.1. The first kappa shape index (κ1) is 10.6. The van der Waals surface area contributed by atoms with Crippen molar-refractivity contribution in [1.82, 2.24) is 0 Å². The molecule has 76 valence electrons. The van der Waals surface area contributed by atoms with Crippen LogP contribution < -0.4 is 10.5 Å². The van der Waals surface area contributed by atoms with Gasteiger partial charge >= 0.3 is 5.97 Å². The molecule has 0 fully saturated rings. The first-order chi connectivity index (χ1) is 6.63. The molecule has 0 unspecified atom stereocenters. The summed E-state index contributed by atoms with van der Waals surface area (Å²) < 4.78 is 5.13. The van der Waals surface area contributed by atoms with E-state index in [0.717, 1.165) is 6.42 Å². The summed E-state index contributed by atoms with van der Waals surface area (Å²) in [5, 5.41) is 0. The molecule has 1 rings (SSSR count). The van der Waals surface area contributed by atoms with Crippen LogP contribution in [0.1, 0.15) is 20.3 Å². The number of nitrogen functional groups attached to an aromatic ring is 1. The van der Waals surface area contributed by atoms with Crippen LogP contribution >= 0.6 is 0 Å². The molecule has 0 radical (unpaired) electrons. The van der Waals surface area contributed by atoms with Crippen molar-refractivity contribution in [1.29, 1.82) is 0 Å². The maximum atomic E-state index is 11.4. The first-order valence-corrected chi connectivity index (χ1v) is 4.70. The quantitative estimate of drug-likeness (QED) is 0.455. The van der Waals surface area contributed by atoms with Crippen molar-refractivity contribution in [3.05, 3.63) is 24.3 Å². The van der Waals surface area contributed by atoms with E-state index in [1.165, 1.54) is 0 Å². The Morgan fingerprint density at radius 2 is 2.00 bits per heavy atom. The van der Waals surface area contributed by atoms with Crippen LogP contribution in [0.3, 0.4) is 0 Å². The lowest BCUT2D eigenvalue weighted by Gasteiger charge is -2.08. The summed E-state index contributed by atoms with van der Waals surface area (Å²) in [5.41, 5.74) is 6.16. The molecule has 3 nitrogen and oxygen atoms in total. The fourth-order valence-electron chi connectivity index (χ4n) is 0.919. The van der Waals surface area contributed by atoms with E-state index in [1.54, 1.807) is 24.3 Å². The van der Waals surface area contributed by atoms with E-state index in [0.29, 0.717) is 11.4 Å². The van der Waals surface area contributed by atoms with Crippen LogP contribution in [0, 0.1) is 5.92 Å². The fourth-order valence-corrected chi connectivity index (χ4v) is 0.919. The van der Waals surface area contributed by atoms with Gasteiger partial charge in [0.25, 0.3) is 0 Å². The Kier molecular flexibility index (Phi) is 3.51. The molecule has 3 heteroatoms. The lowest BCUT2D eigenvalue weighted by molar-refractivity contribution is -0.138. The minimum Gasteiger partial charge on any atom is -0.426 e. The topological polar surface area (TPSA) is 52.3 Å². The monoisotopic (exact) mass is 193 g/mol. The highest BCUT2D eigenvalue weighted by Crippen LogP contribution is 2.15. The van der Waals surface area contributed by atoms with Crippen molar-refractivity contribution in [3.8, 4) is 5.75 Å². The van der Waals surface area contributed by atoms with Gasteiger partial charge in [0.05, 0.1) is 5.92 Å². The molecule has 14 heavy (non-hydrogen) atoms. The molecule has 1 aromatic rings. The second kappa shape index (κ2) is 4.65. The van der Waals surface area contributed by atoms with Gasteiger partial charge in [0.2, 0.25) is 0 Å². The molecule has 1 aromatic carbocycles. The van der Waals surface area contributed by atoms with Gasteiger partial charge in [-0.15, -0.1) is 0 Å². The van der Waals surface area contributed by atoms with Crippen LogP contribution in [-0.2, 0) is 4.79 Å². The zero-order valence-electron chi connectivity index (χ0n) is 8.49. The Hall–Kier alpha value is -1.51. The molecule has 0 saturated heterocycles. The summed E-state index contributed by atoms with van der Waals surface area (Å²) in [6.07, 6.45) is 0.786. The molecule has 0 aliphatic carbocycles. The van der Waals surface area contributed by atoms with Gasteiger partial charge in [-0.25, -0.2) is 0 Å². The molecule has 0 heterocycles. The first-order valence-electron chi connectivity index (χ1n) is 4.70. The average Bonchev–Trinajstić information content (AvgIpc) is 2.20. The zero-order chi connectivity index (χ0) is 10.6. The number of benzene rings is 1. The summed E-state index contributed by atoms with van der Waals surface area (Å²) in [6.45, 7) is 3.80. The van der Waals surface area contributed by atoms with Crippen LogP contribution in [0.4, 0.5) is 5.69 Å². The second-order valence-corrected chi connectivity index (χ2v) is 3.30. The standard InChI is InChI=1S/C11H15NO2/c1-3-8(2)11(13)14-10-6-4-9(12)5-7-10/h4-8H,3,12H2,1-2H3/t8-/m0/s1. The minimum atomic E-state index is -0.197. The summed E-state index contributed by atoms with van der Waals surface area (Å²) in [5.74, 6) is 0.286. The van der Waals surface area contributed by atoms with Crippen molar-refractivity contribution in [3.63, 3.8) is 0 Å². The highest BCUT2D eigenvalue weighted by Gasteiger charge is 2.12. The van der Waals surface area contributed by atoms with Crippen molar-refractivity contribution in [2.75, 3.05) is 5.73 Å². The summed E-state index contributed by atoms with van der Waals surface area (Å²) in [6, 6.07) is 6.80. The van der Waals surface area contributed by atoms with Crippen molar-refractivity contribution >= 4 is 11.7 Å². The van der Waals surface area contributed by atoms with Crippen LogP contribution in [0.15, 0.2) is 24.3 Å². The number of carbonyl (C=O) groups excluding carboxylic acids is 1. The minimum absolute atomic E-state index is 0.0625. The van der Waals surface area contributed by atoms with Gasteiger partial charge in [-0.2, -0.15) is 0 Å². The zero-order valence-corrected chi connectivity index (χ0v) is 8.49. The Morgan fingerprint density at radius 1 is 1.43 bits per heavy atom. The van der Waals surface area contributed by atoms with Gasteiger partial charge in [0, 0.05) is 5.69 Å². The Morgan fingerprint density at radius 3 is 2.50 bits per heavy atom. The molecule has 1 atom stereocenters. The van der Waals surface area contributed by atoms with Crippen molar-refractivity contribution in [2.45, 2.75) is 20.3 Å². The average molecular weight is 193 g/mol. The maximum absolute atomic E-state index is 11.4. The van der Waals surface area contributed by atoms with E-state index in [-0.39, 0.29) is 11.9 Å². The molecule has 0 spiro atoms. The lowest BCUT2D eigenvalue weighted by Crippen LogP contribution is -2.16. The molecule has 0 saturated carbocycles. The van der Waals surface area contributed by atoms with E-state index in [1.807, 2.05) is 13.8 Å². The number of hydrogen-bond donors (Lipinski definition) is 1. The van der Waals surface area contributed by atoms with Crippen LogP contribution in [0.2, 0.25) is 0 Å². The van der Waals surface area contributed by atoms with Crippen LogP contribution in [-0.4, -0.2) is 5.97 Å². The largest absolute Gasteiger partial charge is 0.426 e. The van der Waals surface area contributed by atoms with Crippen LogP contribution in [0.5, 0.6) is 5.75 Å². The van der Waals surface area contributed by atoms with E-state index < -0.39 is 0 Å². The second-order valence-electron chi connectivity index (χ2n) is 3.30. The van der Waals surface area contributed by atoms with Gasteiger partial charge in [-0.3, -0.25) is 4.79 Å². The molecule has 0 aliphatic rings. The highest BCUT2D eigenvalue weighted by molar-refractivity contribution is 5.74. The SMILES string of the molecule is CC[C@H](C)C(=O)Oc1ccc(N)cc1. The van der Waals surface area contributed by atoms with Gasteiger partial charge in [-0.1, -0.05) is 13.8 Å². The molecular weight excluding hydrogens is 178 g/mol. The number of rotatable bonds is 3. The molecular formula is C11H15NO2. The third-order valence-corrected chi connectivity index (χ3v) is 2.11. The van der Waals surface area contributed by atoms with Crippen LogP contribution in [0.25, 0.3) is 0 Å². The Labute approximate surface area is 83.9 Å². The number of ether oxygens (including phenoxy) is 1. The van der Waals surface area contributed by atoms with Gasteiger partial charge in [0.1, 0.15) is 5.75 Å². The number of anilines is 1. The molecule has 0 aromatic heterocycles. The van der Waals surface area contributed by atoms with Gasteiger partial charge in [-0.05, 0) is 30.7 Å². The van der Waals surface area contributed by atoms with Gasteiger partial charge < -0.3 is 10.5 Å². The van der Waals surface area contributed by atoms with Crippen molar-refractivity contribution < 1.29 is 9.53 Å². The smallest absolute Gasteiger partial charge is 0.314 e. The van der Waals surface area contributed by atoms with E-state index in [4.69, 9.17) is 10.5 Å². The summed E-state index contributed by atoms with van der Waals surface area (Å²) in [7, 11) is 0. The number of carbonyl (C=O) groups is 1. The molecule has 0 aliphatic heterocycles. The Bertz CT molecular complexity index is 306. The number of nitrogens with two attached hydrogens (primary N) is 1. The fraction of sp³-hybridized carbons (Fsp3) is 0.364. The summed E-state index contributed by atoms with van der Waals surface area (Å²) >= 11 is 0. The van der Waals surface area contributed by atoms with E-state index in [2.05, 4.69) is 0 Å². The predicted octanol–water partition coefficient (Wildman–Crippen LogP) is 2.22. The van der Waals surface area contributed by atoms with Crippen molar-refractivity contribution in [2.24, 2.45) is 5.92 Å². The highest BCUT2D eigenvalue weighted by atomic mass is 16.5. The predicted molar refractivity (Wildman–Crippen MR) is 55.9 cm³/mol. The van der Waals surface area contributed by atoms with E-state index in [9.17, 15) is 4.79 Å². The van der Waals surface area contributed by atoms with Gasteiger partial charge in [0.15, 0.2) is 0 Å². The number of hydrogen-bond acceptors (Lipinski definition) is 3. The third-order valence-electron chi connectivity index (χ3n) is 2.11. The summed E-state index contributed by atoms with van der Waals surface area (Å²) in [4.78, 5) is 11.4. The molecule has 0 bridgehead atoms. The van der Waals surface area contributed by atoms with E-state index >= 15 is 0 Å². The maximum Gasteiger partial charge on any atom is 0.314 e. The number of esters is 1. The third kappa shape index (κ3) is 2.76. The normalized spacial score (nSPS) is 12.1. The molecule has 2 N–H and O–H groups in total.